The number of likely N-dealkylation sites (tertiary alicyclic amines) is 1. The number of rotatable bonds is 10. The van der Waals surface area contributed by atoms with Crippen LogP contribution in [0.15, 0.2) is 0 Å². The van der Waals surface area contributed by atoms with E-state index in [4.69, 9.17) is 0 Å². The third-order valence-electron chi connectivity index (χ3n) is 8.00. The monoisotopic (exact) mass is 569 g/mol. The molecule has 2 saturated carbocycles. The molecule has 4 atom stereocenters. The molecule has 39 heavy (non-hydrogen) atoms. The van der Waals surface area contributed by atoms with Crippen molar-refractivity contribution in [1.29, 1.82) is 0 Å². The van der Waals surface area contributed by atoms with E-state index >= 15 is 0 Å². The van der Waals surface area contributed by atoms with Gasteiger partial charge in [0.1, 0.15) is 12.1 Å². The summed E-state index contributed by atoms with van der Waals surface area (Å²) in [6, 6.07) is -2.38. The fourth-order valence-electron chi connectivity index (χ4n) is 5.38. The van der Waals surface area contributed by atoms with Gasteiger partial charge in [-0.1, -0.05) is 40.0 Å². The van der Waals surface area contributed by atoms with Crippen molar-refractivity contribution in [1.82, 2.24) is 26.2 Å². The second kappa shape index (κ2) is 12.8. The number of hydrogen-bond acceptors (Lipinski definition) is 6. The highest BCUT2D eigenvalue weighted by atomic mass is 32.2. The molecule has 0 radical (unpaired) electrons. The van der Waals surface area contributed by atoms with E-state index in [2.05, 4.69) is 21.3 Å². The average molecular weight is 570 g/mol. The zero-order valence-electron chi connectivity index (χ0n) is 23.3. The van der Waals surface area contributed by atoms with E-state index in [1.54, 1.807) is 27.7 Å². The van der Waals surface area contributed by atoms with Crippen LogP contribution in [0.3, 0.4) is 0 Å². The molecule has 1 unspecified atom stereocenters. The lowest BCUT2D eigenvalue weighted by atomic mass is 9.79. The Labute approximate surface area is 232 Å². The Kier molecular flexibility index (Phi) is 10.1. The van der Waals surface area contributed by atoms with Crippen LogP contribution in [0, 0.1) is 5.41 Å². The number of carbonyl (C=O) groups excluding carboxylic acids is 5. The van der Waals surface area contributed by atoms with Crippen molar-refractivity contribution in [2.45, 2.75) is 114 Å². The summed E-state index contributed by atoms with van der Waals surface area (Å²) in [5, 5.41) is 10.1. The summed E-state index contributed by atoms with van der Waals surface area (Å²) in [6.45, 7) is 6.92. The van der Waals surface area contributed by atoms with Gasteiger partial charge in [-0.15, -0.1) is 0 Å². The molecule has 5 N–H and O–H groups in total. The van der Waals surface area contributed by atoms with Crippen LogP contribution in [0.25, 0.3) is 0 Å². The first-order valence-electron chi connectivity index (χ1n) is 13.9. The molecule has 1 saturated heterocycles. The minimum absolute atomic E-state index is 0.0288. The van der Waals surface area contributed by atoms with Gasteiger partial charge in [0.25, 0.3) is 5.91 Å². The fraction of sp³-hybridized carbons (Fsp3) is 0.808. The van der Waals surface area contributed by atoms with Crippen LogP contribution in [0.2, 0.25) is 0 Å². The molecule has 1 aliphatic heterocycles. The number of Topliss-reactive ketones (excluding diaryl/α,β-unsaturated/α-hetero) is 1. The maximum atomic E-state index is 13.7. The lowest BCUT2D eigenvalue weighted by Gasteiger charge is -2.42. The summed E-state index contributed by atoms with van der Waals surface area (Å²) < 4.78 is 21.7. The molecule has 3 rings (SSSR count). The van der Waals surface area contributed by atoms with Crippen molar-refractivity contribution in [2.75, 3.05) is 13.1 Å². The summed E-state index contributed by atoms with van der Waals surface area (Å²) in [6.07, 6.45) is 6.39. The highest BCUT2D eigenvalue weighted by Gasteiger charge is 2.45. The number of hydrogen-bond donors (Lipinski definition) is 5. The number of nitrogens with one attached hydrogen (secondary N) is 4. The SMILES string of the molecule is C[C@H](S(=O)O)C1(NC(=O)N[C@H](C(=O)N2CCC[C@H]2C(=O)NCC(=O)C(=O)NC2CC2)C(C)(C)C)CCCCC1. The molecule has 220 valence electrons. The fourth-order valence-corrected chi connectivity index (χ4v) is 6.06. The maximum absolute atomic E-state index is 13.7. The lowest BCUT2D eigenvalue weighted by Crippen LogP contribution is -2.64. The largest absolute Gasteiger partial charge is 0.347 e. The van der Waals surface area contributed by atoms with Crippen LogP contribution >= 0.6 is 0 Å². The number of ketones is 1. The normalized spacial score (nSPS) is 23.2. The quantitative estimate of drug-likeness (QED) is 0.192. The van der Waals surface area contributed by atoms with Crippen LogP contribution < -0.4 is 21.3 Å². The van der Waals surface area contributed by atoms with Crippen molar-refractivity contribution in [3.8, 4) is 0 Å². The zero-order valence-corrected chi connectivity index (χ0v) is 24.2. The van der Waals surface area contributed by atoms with E-state index in [-0.39, 0.29) is 6.04 Å². The van der Waals surface area contributed by atoms with Gasteiger partial charge in [0, 0.05) is 12.6 Å². The van der Waals surface area contributed by atoms with Gasteiger partial charge in [0.05, 0.1) is 17.3 Å². The van der Waals surface area contributed by atoms with Crippen LogP contribution in [0.4, 0.5) is 4.79 Å². The number of carbonyl (C=O) groups is 5. The van der Waals surface area contributed by atoms with Crippen LogP contribution in [-0.2, 0) is 30.3 Å². The van der Waals surface area contributed by atoms with E-state index < -0.39 is 75.4 Å². The van der Waals surface area contributed by atoms with Crippen molar-refractivity contribution in [3.05, 3.63) is 0 Å². The van der Waals surface area contributed by atoms with E-state index in [0.717, 1.165) is 32.1 Å². The summed E-state index contributed by atoms with van der Waals surface area (Å²) in [4.78, 5) is 65.3. The Hall–Kier alpha value is -2.54. The summed E-state index contributed by atoms with van der Waals surface area (Å²) in [5.41, 5.74) is -1.57. The zero-order chi connectivity index (χ0) is 29.0. The summed E-state index contributed by atoms with van der Waals surface area (Å²) in [7, 11) is 0. The van der Waals surface area contributed by atoms with Gasteiger partial charge in [0.2, 0.25) is 17.6 Å². The number of nitrogens with zero attached hydrogens (tertiary/aromatic N) is 1. The van der Waals surface area contributed by atoms with Crippen LogP contribution in [0.1, 0.15) is 85.5 Å². The molecule has 0 aromatic heterocycles. The number of urea groups is 1. The highest BCUT2D eigenvalue weighted by Crippen LogP contribution is 2.33. The predicted molar refractivity (Wildman–Crippen MR) is 145 cm³/mol. The van der Waals surface area contributed by atoms with Crippen molar-refractivity contribution in [3.63, 3.8) is 0 Å². The minimum atomic E-state index is -2.13. The molecule has 0 aromatic carbocycles. The van der Waals surface area contributed by atoms with Crippen molar-refractivity contribution in [2.24, 2.45) is 5.41 Å². The van der Waals surface area contributed by atoms with E-state index in [0.29, 0.717) is 32.2 Å². The second-order valence-corrected chi connectivity index (χ2v) is 13.4. The smallest absolute Gasteiger partial charge is 0.315 e. The topological polar surface area (TPSA) is 174 Å². The van der Waals surface area contributed by atoms with Gasteiger partial charge in [-0.3, -0.25) is 19.2 Å². The van der Waals surface area contributed by atoms with Crippen LogP contribution in [-0.4, -0.2) is 85.2 Å². The van der Waals surface area contributed by atoms with Gasteiger partial charge < -0.3 is 30.7 Å². The molecule has 5 amide bonds. The predicted octanol–water partition coefficient (Wildman–Crippen LogP) is 0.968. The Morgan fingerprint density at radius 1 is 1.03 bits per heavy atom. The average Bonchev–Trinajstić information content (AvgIpc) is 3.55. The van der Waals surface area contributed by atoms with Gasteiger partial charge in [-0.05, 0) is 50.9 Å². The van der Waals surface area contributed by atoms with Crippen LogP contribution in [0.5, 0.6) is 0 Å². The third kappa shape index (κ3) is 8.00. The molecular weight excluding hydrogens is 526 g/mol. The lowest BCUT2D eigenvalue weighted by molar-refractivity contribution is -0.142. The van der Waals surface area contributed by atoms with Gasteiger partial charge in [-0.25, -0.2) is 9.00 Å². The molecule has 12 nitrogen and oxygen atoms in total. The molecule has 13 heteroatoms. The molecule has 3 aliphatic rings. The standard InChI is InChI=1S/C26H43N5O7S/c1-16(39(37)38)26(12-6-5-7-13-26)30-24(36)29-20(25(2,3)4)23(35)31-14-8-9-18(31)21(33)27-15-19(32)22(34)28-17-10-11-17/h16-18,20H,5-15H2,1-4H3,(H,27,33)(H,28,34)(H,37,38)(H2,29,30,36)/t16-,18-,20+/m0/s1. The minimum Gasteiger partial charge on any atom is -0.347 e. The van der Waals surface area contributed by atoms with Gasteiger partial charge in [-0.2, -0.15) is 0 Å². The van der Waals surface area contributed by atoms with Gasteiger partial charge >= 0.3 is 6.03 Å². The Bertz CT molecular complexity index is 988. The molecular formula is C26H43N5O7S. The Balaban J connectivity index is 1.66. The second-order valence-electron chi connectivity index (χ2n) is 12.1. The molecule has 0 bridgehead atoms. The highest BCUT2D eigenvalue weighted by molar-refractivity contribution is 7.80. The molecule has 0 aromatic rings. The first-order chi connectivity index (χ1) is 18.2. The molecule has 2 aliphatic carbocycles. The van der Waals surface area contributed by atoms with Crippen molar-refractivity contribution < 1.29 is 32.7 Å². The van der Waals surface area contributed by atoms with E-state index in [9.17, 15) is 32.7 Å². The number of amides is 5. The molecule has 1 heterocycles. The molecule has 0 spiro atoms. The Morgan fingerprint density at radius 3 is 2.23 bits per heavy atom. The van der Waals surface area contributed by atoms with E-state index in [1.807, 2.05) is 0 Å². The first-order valence-corrected chi connectivity index (χ1v) is 15.0. The Morgan fingerprint density at radius 2 is 1.67 bits per heavy atom. The molecule has 3 fully saturated rings. The van der Waals surface area contributed by atoms with Crippen molar-refractivity contribution >= 4 is 40.6 Å². The van der Waals surface area contributed by atoms with E-state index in [1.165, 1.54) is 4.90 Å². The first kappa shape index (κ1) is 31.0. The summed E-state index contributed by atoms with van der Waals surface area (Å²) in [5.74, 6) is -2.42. The van der Waals surface area contributed by atoms with Gasteiger partial charge in [0.15, 0.2) is 11.1 Å². The summed E-state index contributed by atoms with van der Waals surface area (Å²) >= 11 is -2.13. The maximum Gasteiger partial charge on any atom is 0.315 e. The third-order valence-corrected chi connectivity index (χ3v) is 9.06.